The molecular formula is C18H23N3O3S. The van der Waals surface area contributed by atoms with E-state index in [2.05, 4.69) is 4.90 Å². The number of nitrogens with zero attached hydrogens (tertiary/aromatic N) is 3. The summed E-state index contributed by atoms with van der Waals surface area (Å²) in [7, 11) is 1.66. The number of piperazine rings is 1. The number of thioether (sulfide) groups is 1. The van der Waals surface area contributed by atoms with Gasteiger partial charge in [0.1, 0.15) is 0 Å². The van der Waals surface area contributed by atoms with Crippen LogP contribution < -0.4 is 5.76 Å². The molecule has 0 aliphatic carbocycles. The van der Waals surface area contributed by atoms with Crippen molar-refractivity contribution >= 4 is 28.8 Å². The number of aromatic nitrogens is 1. The summed E-state index contributed by atoms with van der Waals surface area (Å²) in [6, 6.07) is 5.90. The number of rotatable bonds is 2. The molecule has 2 aliphatic heterocycles. The summed E-state index contributed by atoms with van der Waals surface area (Å²) in [6.45, 7) is 3.44. The van der Waals surface area contributed by atoms with Gasteiger partial charge in [0, 0.05) is 44.8 Å². The topological polar surface area (TPSA) is 58.7 Å². The largest absolute Gasteiger partial charge is 0.419 e. The van der Waals surface area contributed by atoms with Gasteiger partial charge in [-0.2, -0.15) is 11.8 Å². The van der Waals surface area contributed by atoms with Crippen molar-refractivity contribution in [2.24, 2.45) is 7.05 Å². The van der Waals surface area contributed by atoms with E-state index < -0.39 is 5.76 Å². The zero-order valence-electron chi connectivity index (χ0n) is 14.4. The molecule has 2 fully saturated rings. The number of oxazole rings is 1. The van der Waals surface area contributed by atoms with Crippen LogP contribution >= 0.6 is 11.8 Å². The molecule has 0 spiro atoms. The Bertz CT molecular complexity index is 830. The Labute approximate surface area is 150 Å². The maximum absolute atomic E-state index is 12.8. The monoisotopic (exact) mass is 361 g/mol. The predicted molar refractivity (Wildman–Crippen MR) is 99.3 cm³/mol. The molecule has 0 radical (unpaired) electrons. The van der Waals surface area contributed by atoms with Crippen molar-refractivity contribution in [3.05, 3.63) is 34.3 Å². The fourth-order valence-electron chi connectivity index (χ4n) is 3.78. The number of hydrogen-bond acceptors (Lipinski definition) is 5. The molecule has 0 atom stereocenters. The lowest BCUT2D eigenvalue weighted by Crippen LogP contribution is -2.52. The van der Waals surface area contributed by atoms with Gasteiger partial charge in [-0.1, -0.05) is 0 Å². The first-order valence-corrected chi connectivity index (χ1v) is 9.99. The summed E-state index contributed by atoms with van der Waals surface area (Å²) in [5.74, 6) is 2.15. The van der Waals surface area contributed by atoms with Crippen molar-refractivity contribution in [1.29, 1.82) is 0 Å². The SMILES string of the molecule is Cn1c(=O)oc2ccc(C(=O)N3CCN(C4CCSCC4)CC3)cc21. The lowest BCUT2D eigenvalue weighted by Gasteiger charge is -2.40. The molecule has 1 aromatic carbocycles. The molecule has 0 bridgehead atoms. The van der Waals surface area contributed by atoms with E-state index in [1.807, 2.05) is 16.7 Å². The Hall–Kier alpha value is -1.73. The van der Waals surface area contributed by atoms with Gasteiger partial charge >= 0.3 is 5.76 Å². The molecule has 4 rings (SSSR count). The van der Waals surface area contributed by atoms with E-state index in [-0.39, 0.29) is 5.91 Å². The first-order valence-electron chi connectivity index (χ1n) is 8.84. The maximum atomic E-state index is 12.8. The van der Waals surface area contributed by atoms with E-state index in [0.29, 0.717) is 22.7 Å². The Morgan fingerprint density at radius 3 is 2.60 bits per heavy atom. The molecule has 2 saturated heterocycles. The van der Waals surface area contributed by atoms with Crippen LogP contribution in [0.5, 0.6) is 0 Å². The minimum Gasteiger partial charge on any atom is -0.408 e. The average Bonchev–Trinajstić information content (AvgIpc) is 2.95. The number of amides is 1. The van der Waals surface area contributed by atoms with Crippen molar-refractivity contribution in [3.8, 4) is 0 Å². The minimum atomic E-state index is -0.404. The van der Waals surface area contributed by atoms with Crippen LogP contribution in [0.3, 0.4) is 0 Å². The third-order valence-corrected chi connectivity index (χ3v) is 6.40. The molecule has 2 aromatic rings. The summed E-state index contributed by atoms with van der Waals surface area (Å²) >= 11 is 2.05. The van der Waals surface area contributed by atoms with Crippen LogP contribution in [0, 0.1) is 0 Å². The normalized spacial score (nSPS) is 20.3. The summed E-state index contributed by atoms with van der Waals surface area (Å²) in [5.41, 5.74) is 1.80. The number of carbonyl (C=O) groups is 1. The van der Waals surface area contributed by atoms with Crippen molar-refractivity contribution < 1.29 is 9.21 Å². The zero-order valence-corrected chi connectivity index (χ0v) is 15.3. The van der Waals surface area contributed by atoms with Gasteiger partial charge in [0.05, 0.1) is 5.52 Å². The second kappa shape index (κ2) is 6.88. The van der Waals surface area contributed by atoms with Crippen molar-refractivity contribution in [3.63, 3.8) is 0 Å². The van der Waals surface area contributed by atoms with Gasteiger partial charge in [0.2, 0.25) is 0 Å². The van der Waals surface area contributed by atoms with Gasteiger partial charge in [0.15, 0.2) is 5.58 Å². The standard InChI is InChI=1S/C18H23N3O3S/c1-19-15-12-13(2-3-16(15)24-18(19)23)17(22)21-8-6-20(7-9-21)14-4-10-25-11-5-14/h2-3,12,14H,4-11H2,1H3. The quantitative estimate of drug-likeness (QED) is 0.816. The van der Waals surface area contributed by atoms with E-state index in [1.165, 1.54) is 28.9 Å². The van der Waals surface area contributed by atoms with E-state index in [0.717, 1.165) is 26.2 Å². The Kier molecular flexibility index (Phi) is 4.60. The smallest absolute Gasteiger partial charge is 0.408 e. The molecular weight excluding hydrogens is 338 g/mol. The zero-order chi connectivity index (χ0) is 17.4. The maximum Gasteiger partial charge on any atom is 0.419 e. The third kappa shape index (κ3) is 3.22. The molecule has 134 valence electrons. The van der Waals surface area contributed by atoms with E-state index in [9.17, 15) is 9.59 Å². The Morgan fingerprint density at radius 2 is 1.88 bits per heavy atom. The second-order valence-electron chi connectivity index (χ2n) is 6.78. The van der Waals surface area contributed by atoms with E-state index >= 15 is 0 Å². The summed E-state index contributed by atoms with van der Waals surface area (Å²) < 4.78 is 6.57. The van der Waals surface area contributed by atoms with Crippen LogP contribution in [0.1, 0.15) is 23.2 Å². The van der Waals surface area contributed by atoms with Crippen molar-refractivity contribution in [2.75, 3.05) is 37.7 Å². The third-order valence-electron chi connectivity index (χ3n) is 5.35. The molecule has 25 heavy (non-hydrogen) atoms. The highest BCUT2D eigenvalue weighted by atomic mass is 32.2. The van der Waals surface area contributed by atoms with Crippen LogP contribution in [-0.2, 0) is 7.05 Å². The fraction of sp³-hybridized carbons (Fsp3) is 0.556. The minimum absolute atomic E-state index is 0.0365. The molecule has 2 aliphatic rings. The molecule has 0 N–H and O–H groups in total. The number of carbonyl (C=O) groups excluding carboxylic acids is 1. The van der Waals surface area contributed by atoms with Crippen LogP contribution in [0.15, 0.2) is 27.4 Å². The highest BCUT2D eigenvalue weighted by Gasteiger charge is 2.27. The summed E-state index contributed by atoms with van der Waals surface area (Å²) in [5, 5.41) is 0. The lowest BCUT2D eigenvalue weighted by atomic mass is 10.1. The Balaban J connectivity index is 1.45. The molecule has 6 nitrogen and oxygen atoms in total. The molecule has 3 heterocycles. The first kappa shape index (κ1) is 16.7. The van der Waals surface area contributed by atoms with Crippen molar-refractivity contribution in [1.82, 2.24) is 14.4 Å². The summed E-state index contributed by atoms with van der Waals surface area (Å²) in [4.78, 5) is 28.9. The number of benzene rings is 1. The number of fused-ring (bicyclic) bond motifs is 1. The second-order valence-corrected chi connectivity index (χ2v) is 8.01. The average molecular weight is 361 g/mol. The molecule has 1 aromatic heterocycles. The van der Waals surface area contributed by atoms with E-state index in [4.69, 9.17) is 4.42 Å². The predicted octanol–water partition coefficient (Wildman–Crippen LogP) is 1.78. The Morgan fingerprint density at radius 1 is 1.16 bits per heavy atom. The highest BCUT2D eigenvalue weighted by molar-refractivity contribution is 7.99. The number of aryl methyl sites for hydroxylation is 1. The molecule has 1 amide bonds. The molecule has 7 heteroatoms. The lowest BCUT2D eigenvalue weighted by molar-refractivity contribution is 0.0559. The molecule has 0 unspecified atom stereocenters. The van der Waals surface area contributed by atoms with Gasteiger partial charge in [-0.05, 0) is 42.5 Å². The molecule has 0 saturated carbocycles. The van der Waals surface area contributed by atoms with Crippen LogP contribution in [0.4, 0.5) is 0 Å². The van der Waals surface area contributed by atoms with E-state index in [1.54, 1.807) is 25.2 Å². The first-order chi connectivity index (χ1) is 12.1. The van der Waals surface area contributed by atoms with Crippen molar-refractivity contribution in [2.45, 2.75) is 18.9 Å². The summed E-state index contributed by atoms with van der Waals surface area (Å²) in [6.07, 6.45) is 2.54. The van der Waals surface area contributed by atoms with Crippen LogP contribution in [0.25, 0.3) is 11.1 Å². The van der Waals surface area contributed by atoms with Crippen LogP contribution in [-0.4, -0.2) is 64.0 Å². The highest BCUT2D eigenvalue weighted by Crippen LogP contribution is 2.23. The number of hydrogen-bond donors (Lipinski definition) is 0. The van der Waals surface area contributed by atoms with Gasteiger partial charge in [-0.15, -0.1) is 0 Å². The van der Waals surface area contributed by atoms with Crippen LogP contribution in [0.2, 0.25) is 0 Å². The van der Waals surface area contributed by atoms with Gasteiger partial charge in [-0.25, -0.2) is 4.79 Å². The van der Waals surface area contributed by atoms with Gasteiger partial charge < -0.3 is 9.32 Å². The fourth-order valence-corrected chi connectivity index (χ4v) is 4.86. The van der Waals surface area contributed by atoms with Gasteiger partial charge in [-0.3, -0.25) is 14.3 Å². The van der Waals surface area contributed by atoms with Gasteiger partial charge in [0.25, 0.3) is 5.91 Å².